The van der Waals surface area contributed by atoms with Gasteiger partial charge in [0.1, 0.15) is 0 Å². The third-order valence-corrected chi connectivity index (χ3v) is 4.13. The summed E-state index contributed by atoms with van der Waals surface area (Å²) in [6, 6.07) is 8.99. The number of halogens is 1. The van der Waals surface area contributed by atoms with Crippen molar-refractivity contribution < 1.29 is 5.11 Å². The minimum Gasteiger partial charge on any atom is -0.394 e. The van der Waals surface area contributed by atoms with E-state index in [1.807, 2.05) is 12.1 Å². The van der Waals surface area contributed by atoms with Crippen LogP contribution in [0.4, 0.5) is 0 Å². The van der Waals surface area contributed by atoms with E-state index in [0.717, 1.165) is 10.8 Å². The van der Waals surface area contributed by atoms with E-state index in [1.54, 1.807) is 46.0 Å². The van der Waals surface area contributed by atoms with E-state index >= 15 is 0 Å². The highest BCUT2D eigenvalue weighted by Gasteiger charge is 2.16. The molecule has 3 heterocycles. The second kappa shape index (κ2) is 5.74. The van der Waals surface area contributed by atoms with Crippen LogP contribution >= 0.6 is 11.6 Å². The highest BCUT2D eigenvalue weighted by atomic mass is 35.5. The van der Waals surface area contributed by atoms with Crippen LogP contribution in [0.25, 0.3) is 27.5 Å². The Hall–Kier alpha value is -2.70. The van der Waals surface area contributed by atoms with Crippen LogP contribution in [-0.2, 0) is 6.54 Å². The van der Waals surface area contributed by atoms with Crippen molar-refractivity contribution in [2.75, 3.05) is 6.61 Å². The van der Waals surface area contributed by atoms with Crippen LogP contribution in [0.5, 0.6) is 0 Å². The summed E-state index contributed by atoms with van der Waals surface area (Å²) in [6.07, 6.45) is 5.05. The van der Waals surface area contributed by atoms with Crippen LogP contribution in [0.1, 0.15) is 0 Å². The molecule has 1 N–H and O–H groups in total. The van der Waals surface area contributed by atoms with Crippen LogP contribution in [0.15, 0.2) is 53.7 Å². The number of nitrogens with zero attached hydrogens (tertiary/aromatic N) is 4. The smallest absolute Gasteiger partial charge is 0.284 e. The zero-order chi connectivity index (χ0) is 16.7. The molecule has 1 aromatic carbocycles. The van der Waals surface area contributed by atoms with Gasteiger partial charge in [-0.25, -0.2) is 0 Å². The normalized spacial score (nSPS) is 11.4. The number of pyridine rings is 2. The van der Waals surface area contributed by atoms with Crippen molar-refractivity contribution in [2.24, 2.45) is 0 Å². The molecule has 4 rings (SSSR count). The molecule has 0 radical (unpaired) electrons. The molecule has 0 fully saturated rings. The van der Waals surface area contributed by atoms with Crippen molar-refractivity contribution >= 4 is 33.4 Å². The Kier molecular flexibility index (Phi) is 3.55. The van der Waals surface area contributed by atoms with Gasteiger partial charge >= 0.3 is 0 Å². The Bertz CT molecular complexity index is 1100. The second-order valence-corrected chi connectivity index (χ2v) is 5.83. The van der Waals surface area contributed by atoms with E-state index in [2.05, 4.69) is 10.1 Å². The Labute approximate surface area is 141 Å². The molecule has 6 nitrogen and oxygen atoms in total. The summed E-state index contributed by atoms with van der Waals surface area (Å²) in [7, 11) is 0. The molecular weight excluding hydrogens is 328 g/mol. The van der Waals surface area contributed by atoms with Crippen LogP contribution in [0, 0.1) is 0 Å². The van der Waals surface area contributed by atoms with Gasteiger partial charge in [-0.2, -0.15) is 5.10 Å². The number of aromatic nitrogens is 4. The molecule has 0 aliphatic carbocycles. The molecule has 4 aromatic rings. The largest absolute Gasteiger partial charge is 0.394 e. The summed E-state index contributed by atoms with van der Waals surface area (Å²) >= 11 is 6.15. The maximum absolute atomic E-state index is 13.0. The molecule has 3 aromatic heterocycles. The number of hydrogen-bond donors (Lipinski definition) is 1. The molecule has 0 saturated carbocycles. The van der Waals surface area contributed by atoms with Gasteiger partial charge in [0.15, 0.2) is 5.52 Å². The van der Waals surface area contributed by atoms with Crippen molar-refractivity contribution in [1.82, 2.24) is 19.3 Å². The fourth-order valence-electron chi connectivity index (χ4n) is 2.87. The van der Waals surface area contributed by atoms with E-state index in [-0.39, 0.29) is 12.2 Å². The Morgan fingerprint density at radius 2 is 2.08 bits per heavy atom. The summed E-state index contributed by atoms with van der Waals surface area (Å²) in [5.74, 6) is 0. The van der Waals surface area contributed by atoms with Gasteiger partial charge in [0, 0.05) is 28.2 Å². The third kappa shape index (κ3) is 2.28. The number of hydrogen-bond acceptors (Lipinski definition) is 4. The molecule has 120 valence electrons. The lowest BCUT2D eigenvalue weighted by molar-refractivity contribution is 0.270. The molecule has 0 unspecified atom stereocenters. The van der Waals surface area contributed by atoms with Crippen molar-refractivity contribution in [2.45, 2.75) is 6.54 Å². The van der Waals surface area contributed by atoms with Gasteiger partial charge in [-0.15, -0.1) is 0 Å². The molecule has 0 aliphatic rings. The number of aliphatic hydroxyl groups excluding tert-OH is 1. The molecule has 0 atom stereocenters. The molecule has 7 heteroatoms. The Balaban J connectivity index is 2.18. The predicted molar refractivity (Wildman–Crippen MR) is 92.7 cm³/mol. The minimum absolute atomic E-state index is 0.0471. The Morgan fingerprint density at radius 3 is 2.83 bits per heavy atom. The van der Waals surface area contributed by atoms with E-state index in [9.17, 15) is 4.79 Å². The summed E-state index contributed by atoms with van der Waals surface area (Å²) < 4.78 is 3.14. The first-order chi connectivity index (χ1) is 11.7. The van der Waals surface area contributed by atoms with Gasteiger partial charge in [0.2, 0.25) is 0 Å². The molecule has 0 aliphatic heterocycles. The van der Waals surface area contributed by atoms with Crippen LogP contribution in [0.3, 0.4) is 0 Å². The molecular formula is C17H13ClN4O2. The molecule has 0 bridgehead atoms. The first-order valence-electron chi connectivity index (χ1n) is 7.42. The van der Waals surface area contributed by atoms with Crippen LogP contribution in [0.2, 0.25) is 5.02 Å². The van der Waals surface area contributed by atoms with E-state index in [1.165, 1.54) is 0 Å². The standard InChI is InChI=1S/C17H13ClN4O2/c18-11-3-4-13-14-10-21(6-7-23)20-16(14)17(24)22(15(13)8-11)12-2-1-5-19-9-12/h1-5,8-10,23H,6-7H2. The topological polar surface area (TPSA) is 72.9 Å². The highest BCUT2D eigenvalue weighted by molar-refractivity contribution is 6.31. The minimum atomic E-state index is -0.246. The van der Waals surface area contributed by atoms with Gasteiger partial charge in [-0.3, -0.25) is 19.0 Å². The maximum atomic E-state index is 13.0. The average Bonchev–Trinajstić information content (AvgIpc) is 3.00. The number of rotatable bonds is 3. The third-order valence-electron chi connectivity index (χ3n) is 3.89. The van der Waals surface area contributed by atoms with Crippen molar-refractivity contribution in [1.29, 1.82) is 0 Å². The van der Waals surface area contributed by atoms with Gasteiger partial charge in [0.25, 0.3) is 5.56 Å². The summed E-state index contributed by atoms with van der Waals surface area (Å²) in [5.41, 5.74) is 1.44. The summed E-state index contributed by atoms with van der Waals surface area (Å²) in [4.78, 5) is 17.1. The second-order valence-electron chi connectivity index (χ2n) is 5.39. The lowest BCUT2D eigenvalue weighted by Gasteiger charge is -2.10. The SMILES string of the molecule is O=c1c2nn(CCO)cc2c2ccc(Cl)cc2n1-c1cccnc1. The lowest BCUT2D eigenvalue weighted by Crippen LogP contribution is -2.19. The van der Waals surface area contributed by atoms with Crippen molar-refractivity contribution in [3.05, 3.63) is 64.3 Å². The number of aliphatic hydroxyl groups is 1. The Morgan fingerprint density at radius 1 is 1.21 bits per heavy atom. The summed E-state index contributed by atoms with van der Waals surface area (Å²) in [5, 5.41) is 15.6. The highest BCUT2D eigenvalue weighted by Crippen LogP contribution is 2.26. The van der Waals surface area contributed by atoms with Gasteiger partial charge in [-0.1, -0.05) is 17.7 Å². The van der Waals surface area contributed by atoms with Gasteiger partial charge < -0.3 is 5.11 Å². The fourth-order valence-corrected chi connectivity index (χ4v) is 3.03. The van der Waals surface area contributed by atoms with E-state index in [4.69, 9.17) is 16.7 Å². The lowest BCUT2D eigenvalue weighted by atomic mass is 10.1. The fraction of sp³-hybridized carbons (Fsp3) is 0.118. The van der Waals surface area contributed by atoms with Crippen molar-refractivity contribution in [3.8, 4) is 5.69 Å². The van der Waals surface area contributed by atoms with Crippen LogP contribution < -0.4 is 5.56 Å². The summed E-state index contributed by atoms with van der Waals surface area (Å²) in [6.45, 7) is 0.282. The van der Waals surface area contributed by atoms with E-state index in [0.29, 0.717) is 28.3 Å². The zero-order valence-electron chi connectivity index (χ0n) is 12.6. The van der Waals surface area contributed by atoms with Gasteiger partial charge in [-0.05, 0) is 24.3 Å². The van der Waals surface area contributed by atoms with Gasteiger partial charge in [0.05, 0.1) is 30.6 Å². The zero-order valence-corrected chi connectivity index (χ0v) is 13.3. The number of benzene rings is 1. The predicted octanol–water partition coefficient (Wildman–Crippen LogP) is 2.38. The molecule has 0 spiro atoms. The monoisotopic (exact) mass is 340 g/mol. The average molecular weight is 341 g/mol. The molecule has 24 heavy (non-hydrogen) atoms. The van der Waals surface area contributed by atoms with E-state index < -0.39 is 0 Å². The van der Waals surface area contributed by atoms with Crippen molar-refractivity contribution in [3.63, 3.8) is 0 Å². The maximum Gasteiger partial charge on any atom is 0.284 e. The molecule has 0 amide bonds. The first kappa shape index (κ1) is 14.9. The quantitative estimate of drug-likeness (QED) is 0.621. The number of fused-ring (bicyclic) bond motifs is 3. The first-order valence-corrected chi connectivity index (χ1v) is 7.79. The van der Waals surface area contributed by atoms with Crippen LogP contribution in [-0.4, -0.2) is 31.0 Å². The molecule has 0 saturated heterocycles.